The maximum atomic E-state index is 6.07. The molecule has 0 saturated carbocycles. The molecule has 2 fully saturated rings. The molecule has 3 aromatic rings. The van der Waals surface area contributed by atoms with Gasteiger partial charge < -0.3 is 15.2 Å². The Morgan fingerprint density at radius 3 is 2.83 bits per heavy atom. The molecule has 29 heavy (non-hydrogen) atoms. The lowest BCUT2D eigenvalue weighted by Crippen LogP contribution is -2.36. The quantitative estimate of drug-likeness (QED) is 0.640. The molecular formula is C24H29ClN4. The number of rotatable bonds is 5. The maximum absolute atomic E-state index is 6.07. The van der Waals surface area contributed by atoms with Gasteiger partial charge in [0.05, 0.1) is 17.6 Å². The molecule has 2 aliphatic rings. The zero-order valence-corrected chi connectivity index (χ0v) is 17.5. The SMILES string of the molecule is Clc1ccc(Cn2c(CNC3CC4CCCC(C3)NC4)nc3ccccc32)cc1. The van der Waals surface area contributed by atoms with Crippen LogP contribution in [0.3, 0.4) is 0 Å². The third-order valence-electron chi connectivity index (χ3n) is 6.58. The van der Waals surface area contributed by atoms with Crippen molar-refractivity contribution in [3.63, 3.8) is 0 Å². The minimum absolute atomic E-state index is 0.573. The summed E-state index contributed by atoms with van der Waals surface area (Å²) in [7, 11) is 0. The molecule has 3 atom stereocenters. The van der Waals surface area contributed by atoms with Crippen LogP contribution >= 0.6 is 11.6 Å². The standard InChI is InChI=1S/C24H29ClN4/c25-19-10-8-17(9-11-19)16-29-23-7-2-1-6-22(23)28-24(29)15-27-21-12-18-4-3-5-20(13-21)26-14-18/h1-2,6-11,18,20-21,26-27H,3-5,12-16H2. The van der Waals surface area contributed by atoms with Gasteiger partial charge in [0.15, 0.2) is 0 Å². The Morgan fingerprint density at radius 2 is 1.93 bits per heavy atom. The number of hydrogen-bond acceptors (Lipinski definition) is 3. The zero-order valence-electron chi connectivity index (χ0n) is 16.8. The van der Waals surface area contributed by atoms with Crippen molar-refractivity contribution in [2.45, 2.75) is 57.3 Å². The van der Waals surface area contributed by atoms with E-state index in [1.165, 1.54) is 49.7 Å². The monoisotopic (exact) mass is 408 g/mol. The highest BCUT2D eigenvalue weighted by molar-refractivity contribution is 6.30. The van der Waals surface area contributed by atoms with Gasteiger partial charge in [0.2, 0.25) is 0 Å². The van der Waals surface area contributed by atoms with Crippen LogP contribution in [0.1, 0.15) is 43.5 Å². The fraction of sp³-hybridized carbons (Fsp3) is 0.458. The Labute approximate surface area is 177 Å². The van der Waals surface area contributed by atoms with Gasteiger partial charge >= 0.3 is 0 Å². The molecule has 2 bridgehead atoms. The molecule has 2 saturated heterocycles. The van der Waals surface area contributed by atoms with E-state index in [0.717, 1.165) is 35.4 Å². The molecule has 2 aromatic carbocycles. The molecule has 3 heterocycles. The summed E-state index contributed by atoms with van der Waals surface area (Å²) >= 11 is 6.07. The van der Waals surface area contributed by atoms with Crippen LogP contribution in [0.15, 0.2) is 48.5 Å². The van der Waals surface area contributed by atoms with Crippen molar-refractivity contribution in [3.05, 3.63) is 64.9 Å². The minimum atomic E-state index is 0.573. The summed E-state index contributed by atoms with van der Waals surface area (Å²) in [6, 6.07) is 17.8. The summed E-state index contributed by atoms with van der Waals surface area (Å²) in [5, 5.41) is 8.40. The molecule has 3 unspecified atom stereocenters. The average molecular weight is 409 g/mol. The van der Waals surface area contributed by atoms with Gasteiger partial charge in [-0.15, -0.1) is 0 Å². The number of nitrogens with zero attached hydrogens (tertiary/aromatic N) is 2. The van der Waals surface area contributed by atoms with E-state index in [2.05, 4.69) is 51.6 Å². The van der Waals surface area contributed by atoms with Crippen LogP contribution in [-0.4, -0.2) is 28.2 Å². The van der Waals surface area contributed by atoms with Crippen molar-refractivity contribution in [1.82, 2.24) is 20.2 Å². The molecule has 0 radical (unpaired) electrons. The number of aromatic nitrogens is 2. The van der Waals surface area contributed by atoms with Crippen molar-refractivity contribution in [2.24, 2.45) is 5.92 Å². The molecule has 5 heteroatoms. The third kappa shape index (κ3) is 4.35. The lowest BCUT2D eigenvalue weighted by Gasteiger charge is -2.25. The topological polar surface area (TPSA) is 41.9 Å². The van der Waals surface area contributed by atoms with E-state index in [1.807, 2.05) is 12.1 Å². The van der Waals surface area contributed by atoms with Gasteiger partial charge in [-0.05, 0) is 68.0 Å². The largest absolute Gasteiger partial charge is 0.322 e. The predicted molar refractivity (Wildman–Crippen MR) is 119 cm³/mol. The van der Waals surface area contributed by atoms with Crippen molar-refractivity contribution in [1.29, 1.82) is 0 Å². The number of hydrogen-bond donors (Lipinski definition) is 2. The molecule has 4 nitrogen and oxygen atoms in total. The highest BCUT2D eigenvalue weighted by atomic mass is 35.5. The van der Waals surface area contributed by atoms with E-state index >= 15 is 0 Å². The molecule has 0 amide bonds. The van der Waals surface area contributed by atoms with E-state index in [0.29, 0.717) is 12.1 Å². The first-order valence-corrected chi connectivity index (χ1v) is 11.3. The van der Waals surface area contributed by atoms with Gasteiger partial charge in [0.1, 0.15) is 5.82 Å². The lowest BCUT2D eigenvalue weighted by molar-refractivity contribution is 0.339. The summed E-state index contributed by atoms with van der Waals surface area (Å²) in [4.78, 5) is 4.97. The van der Waals surface area contributed by atoms with Crippen LogP contribution in [0.5, 0.6) is 0 Å². The molecule has 2 aliphatic heterocycles. The van der Waals surface area contributed by atoms with E-state index in [-0.39, 0.29) is 0 Å². The Bertz CT molecular complexity index is 951. The molecule has 0 spiro atoms. The normalized spacial score (nSPS) is 24.5. The van der Waals surface area contributed by atoms with Gasteiger partial charge in [0, 0.05) is 23.7 Å². The van der Waals surface area contributed by atoms with Crippen LogP contribution < -0.4 is 10.6 Å². The van der Waals surface area contributed by atoms with Crippen LogP contribution in [-0.2, 0) is 13.1 Å². The highest BCUT2D eigenvalue weighted by Gasteiger charge is 2.28. The molecule has 0 aliphatic carbocycles. The number of para-hydroxylation sites is 2. The van der Waals surface area contributed by atoms with Crippen molar-refractivity contribution >= 4 is 22.6 Å². The van der Waals surface area contributed by atoms with E-state index in [1.54, 1.807) is 0 Å². The molecule has 152 valence electrons. The number of halogens is 1. The smallest absolute Gasteiger partial charge is 0.124 e. The third-order valence-corrected chi connectivity index (χ3v) is 6.84. The zero-order chi connectivity index (χ0) is 19.6. The fourth-order valence-corrected chi connectivity index (χ4v) is 5.17. The second kappa shape index (κ2) is 8.47. The van der Waals surface area contributed by atoms with Gasteiger partial charge in [-0.25, -0.2) is 4.98 Å². The highest BCUT2D eigenvalue weighted by Crippen LogP contribution is 2.27. The number of imidazole rings is 1. The number of benzene rings is 2. The van der Waals surface area contributed by atoms with E-state index < -0.39 is 0 Å². The fourth-order valence-electron chi connectivity index (χ4n) is 5.05. The van der Waals surface area contributed by atoms with Crippen LogP contribution in [0, 0.1) is 5.92 Å². The first-order chi connectivity index (χ1) is 14.2. The number of fused-ring (bicyclic) bond motifs is 4. The van der Waals surface area contributed by atoms with Crippen molar-refractivity contribution in [2.75, 3.05) is 6.54 Å². The maximum Gasteiger partial charge on any atom is 0.124 e. The Morgan fingerprint density at radius 1 is 1.07 bits per heavy atom. The second-order valence-electron chi connectivity index (χ2n) is 8.68. The predicted octanol–water partition coefficient (Wildman–Crippen LogP) is 4.75. The lowest BCUT2D eigenvalue weighted by atomic mass is 9.89. The van der Waals surface area contributed by atoms with E-state index in [4.69, 9.17) is 16.6 Å². The average Bonchev–Trinajstić information content (AvgIpc) is 2.86. The number of nitrogens with one attached hydrogen (secondary N) is 2. The molecule has 1 aromatic heterocycles. The van der Waals surface area contributed by atoms with Gasteiger partial charge in [0.25, 0.3) is 0 Å². The summed E-state index contributed by atoms with van der Waals surface area (Å²) in [5.41, 5.74) is 3.50. The van der Waals surface area contributed by atoms with Crippen LogP contribution in [0.4, 0.5) is 0 Å². The van der Waals surface area contributed by atoms with Crippen molar-refractivity contribution in [3.8, 4) is 0 Å². The molecule has 2 N–H and O–H groups in total. The molecular weight excluding hydrogens is 380 g/mol. The van der Waals surface area contributed by atoms with Gasteiger partial charge in [-0.2, -0.15) is 0 Å². The summed E-state index contributed by atoms with van der Waals surface area (Å²) in [5.74, 6) is 1.93. The minimum Gasteiger partial charge on any atom is -0.322 e. The first-order valence-electron chi connectivity index (χ1n) is 10.9. The van der Waals surface area contributed by atoms with Gasteiger partial charge in [-0.1, -0.05) is 42.3 Å². The summed E-state index contributed by atoms with van der Waals surface area (Å²) < 4.78 is 2.35. The first kappa shape index (κ1) is 19.1. The van der Waals surface area contributed by atoms with Crippen LogP contribution in [0.25, 0.3) is 11.0 Å². The molecule has 5 rings (SSSR count). The summed E-state index contributed by atoms with van der Waals surface area (Å²) in [6.45, 7) is 2.82. The summed E-state index contributed by atoms with van der Waals surface area (Å²) in [6.07, 6.45) is 6.58. The Hall–Kier alpha value is -1.88. The van der Waals surface area contributed by atoms with Gasteiger partial charge in [-0.3, -0.25) is 0 Å². The second-order valence-corrected chi connectivity index (χ2v) is 9.12. The van der Waals surface area contributed by atoms with Crippen molar-refractivity contribution < 1.29 is 0 Å². The Kier molecular flexibility index (Phi) is 5.58. The Balaban J connectivity index is 1.37. The van der Waals surface area contributed by atoms with E-state index in [9.17, 15) is 0 Å². The van der Waals surface area contributed by atoms with Crippen LogP contribution in [0.2, 0.25) is 5.02 Å².